The standard InChI is InChI=1S/C21H25N5O2/c22-20(28)18-7-4-8-23-21(18)25-11-9-24(10-12-25)14-16-13-19(27)26(15-16)17-5-2-1-3-6-17/h1-8,16H,9-15H2,(H2,22,28). The molecule has 28 heavy (non-hydrogen) atoms. The molecule has 2 amide bonds. The molecule has 2 saturated heterocycles. The first-order valence-corrected chi connectivity index (χ1v) is 9.69. The highest BCUT2D eigenvalue weighted by Gasteiger charge is 2.32. The Bertz CT molecular complexity index is 849. The van der Waals surface area contributed by atoms with E-state index in [-0.39, 0.29) is 5.91 Å². The van der Waals surface area contributed by atoms with Crippen molar-refractivity contribution >= 4 is 23.3 Å². The van der Waals surface area contributed by atoms with Crippen LogP contribution in [0.5, 0.6) is 0 Å². The molecule has 0 bridgehead atoms. The van der Waals surface area contributed by atoms with Gasteiger partial charge in [0.2, 0.25) is 5.91 Å². The second-order valence-electron chi connectivity index (χ2n) is 7.44. The van der Waals surface area contributed by atoms with E-state index in [0.717, 1.165) is 45.0 Å². The molecule has 0 aliphatic carbocycles. The van der Waals surface area contributed by atoms with Crippen molar-refractivity contribution in [3.05, 3.63) is 54.2 Å². The molecule has 0 saturated carbocycles. The first kappa shape index (κ1) is 18.4. The van der Waals surface area contributed by atoms with E-state index in [2.05, 4.69) is 14.8 Å². The molecule has 4 rings (SSSR count). The molecule has 146 valence electrons. The molecule has 7 heteroatoms. The zero-order valence-electron chi connectivity index (χ0n) is 15.8. The van der Waals surface area contributed by atoms with Crippen molar-refractivity contribution in [1.82, 2.24) is 9.88 Å². The van der Waals surface area contributed by atoms with Crippen LogP contribution >= 0.6 is 0 Å². The Morgan fingerprint density at radius 1 is 1.07 bits per heavy atom. The van der Waals surface area contributed by atoms with Crippen LogP contribution in [0, 0.1) is 5.92 Å². The van der Waals surface area contributed by atoms with Crippen LogP contribution in [0.25, 0.3) is 0 Å². The van der Waals surface area contributed by atoms with Gasteiger partial charge in [0, 0.05) is 57.6 Å². The van der Waals surface area contributed by atoms with Gasteiger partial charge in [-0.25, -0.2) is 4.98 Å². The molecular weight excluding hydrogens is 354 g/mol. The topological polar surface area (TPSA) is 82.8 Å². The Labute approximate surface area is 164 Å². The van der Waals surface area contributed by atoms with E-state index >= 15 is 0 Å². The van der Waals surface area contributed by atoms with Gasteiger partial charge in [-0.05, 0) is 30.2 Å². The van der Waals surface area contributed by atoms with Crippen molar-refractivity contribution < 1.29 is 9.59 Å². The summed E-state index contributed by atoms with van der Waals surface area (Å²) in [4.78, 5) is 34.8. The largest absolute Gasteiger partial charge is 0.365 e. The van der Waals surface area contributed by atoms with E-state index in [1.807, 2.05) is 35.2 Å². The lowest BCUT2D eigenvalue weighted by molar-refractivity contribution is -0.117. The highest BCUT2D eigenvalue weighted by molar-refractivity contribution is 5.97. The fourth-order valence-electron chi connectivity index (χ4n) is 4.11. The Morgan fingerprint density at radius 3 is 2.54 bits per heavy atom. The number of carbonyl (C=O) groups is 2. The lowest BCUT2D eigenvalue weighted by Crippen LogP contribution is -2.48. The molecule has 2 aliphatic rings. The van der Waals surface area contributed by atoms with Crippen LogP contribution in [0.1, 0.15) is 16.8 Å². The molecular formula is C21H25N5O2. The second-order valence-corrected chi connectivity index (χ2v) is 7.44. The van der Waals surface area contributed by atoms with Gasteiger partial charge in [0.05, 0.1) is 5.56 Å². The molecule has 2 aliphatic heterocycles. The molecule has 2 aromatic rings. The first-order chi connectivity index (χ1) is 13.6. The van der Waals surface area contributed by atoms with E-state index in [1.165, 1.54) is 0 Å². The summed E-state index contributed by atoms with van der Waals surface area (Å²) in [5, 5.41) is 0. The van der Waals surface area contributed by atoms with Gasteiger partial charge >= 0.3 is 0 Å². The fraction of sp³-hybridized carbons (Fsp3) is 0.381. The number of anilines is 2. The maximum atomic E-state index is 12.4. The normalized spacial score (nSPS) is 20.6. The van der Waals surface area contributed by atoms with Gasteiger partial charge in [-0.2, -0.15) is 0 Å². The Morgan fingerprint density at radius 2 is 1.82 bits per heavy atom. The zero-order valence-corrected chi connectivity index (χ0v) is 15.8. The van der Waals surface area contributed by atoms with E-state index in [0.29, 0.717) is 23.7 Å². The number of nitrogens with zero attached hydrogens (tertiary/aromatic N) is 4. The van der Waals surface area contributed by atoms with Gasteiger partial charge in [-0.3, -0.25) is 14.5 Å². The summed E-state index contributed by atoms with van der Waals surface area (Å²) in [5.74, 6) is 0.765. The van der Waals surface area contributed by atoms with Crippen LogP contribution < -0.4 is 15.5 Å². The lowest BCUT2D eigenvalue weighted by Gasteiger charge is -2.36. The number of para-hydroxylation sites is 1. The van der Waals surface area contributed by atoms with Crippen LogP contribution in [0.3, 0.4) is 0 Å². The zero-order chi connectivity index (χ0) is 19.5. The van der Waals surface area contributed by atoms with Crippen molar-refractivity contribution in [3.63, 3.8) is 0 Å². The summed E-state index contributed by atoms with van der Waals surface area (Å²) in [7, 11) is 0. The maximum Gasteiger partial charge on any atom is 0.252 e. The monoisotopic (exact) mass is 379 g/mol. The average molecular weight is 379 g/mol. The third-order valence-electron chi connectivity index (χ3n) is 5.51. The van der Waals surface area contributed by atoms with E-state index in [4.69, 9.17) is 5.73 Å². The maximum absolute atomic E-state index is 12.4. The first-order valence-electron chi connectivity index (χ1n) is 9.69. The number of piperazine rings is 1. The number of hydrogen-bond acceptors (Lipinski definition) is 5. The highest BCUT2D eigenvalue weighted by Crippen LogP contribution is 2.26. The molecule has 0 radical (unpaired) electrons. The van der Waals surface area contributed by atoms with Gasteiger partial charge in [0.15, 0.2) is 0 Å². The number of carbonyl (C=O) groups excluding carboxylic acids is 2. The minimum Gasteiger partial charge on any atom is -0.365 e. The number of primary amides is 1. The number of amides is 2. The summed E-state index contributed by atoms with van der Waals surface area (Å²) >= 11 is 0. The number of benzene rings is 1. The van der Waals surface area contributed by atoms with Crippen LogP contribution in [0.4, 0.5) is 11.5 Å². The van der Waals surface area contributed by atoms with E-state index in [9.17, 15) is 9.59 Å². The number of nitrogens with two attached hydrogens (primary N) is 1. The van der Waals surface area contributed by atoms with Crippen molar-refractivity contribution in [2.24, 2.45) is 11.7 Å². The van der Waals surface area contributed by atoms with Gasteiger partial charge < -0.3 is 15.5 Å². The van der Waals surface area contributed by atoms with Crippen LogP contribution in [0.2, 0.25) is 0 Å². The van der Waals surface area contributed by atoms with E-state index < -0.39 is 5.91 Å². The third kappa shape index (κ3) is 3.84. The fourth-order valence-corrected chi connectivity index (χ4v) is 4.11. The van der Waals surface area contributed by atoms with Gasteiger partial charge in [0.25, 0.3) is 5.91 Å². The summed E-state index contributed by atoms with van der Waals surface area (Å²) in [6.45, 7) is 5.03. The van der Waals surface area contributed by atoms with Crippen molar-refractivity contribution in [2.45, 2.75) is 6.42 Å². The minimum atomic E-state index is -0.448. The van der Waals surface area contributed by atoms with Gasteiger partial charge in [-0.1, -0.05) is 18.2 Å². The van der Waals surface area contributed by atoms with Crippen molar-refractivity contribution in [2.75, 3.05) is 49.1 Å². The van der Waals surface area contributed by atoms with Gasteiger partial charge in [-0.15, -0.1) is 0 Å². The Hall–Kier alpha value is -2.93. The summed E-state index contributed by atoms with van der Waals surface area (Å²) in [6, 6.07) is 13.3. The molecule has 0 spiro atoms. The molecule has 1 aromatic carbocycles. The van der Waals surface area contributed by atoms with E-state index in [1.54, 1.807) is 18.3 Å². The van der Waals surface area contributed by atoms with Crippen molar-refractivity contribution in [3.8, 4) is 0 Å². The summed E-state index contributed by atoms with van der Waals surface area (Å²) in [5.41, 5.74) is 6.93. The average Bonchev–Trinajstić information content (AvgIpc) is 3.09. The molecule has 3 heterocycles. The summed E-state index contributed by atoms with van der Waals surface area (Å²) in [6.07, 6.45) is 2.29. The SMILES string of the molecule is NC(=O)c1cccnc1N1CCN(CC2CC(=O)N(c3ccccc3)C2)CC1. The predicted octanol–water partition coefficient (Wildman–Crippen LogP) is 1.36. The predicted molar refractivity (Wildman–Crippen MR) is 108 cm³/mol. The smallest absolute Gasteiger partial charge is 0.252 e. The summed E-state index contributed by atoms with van der Waals surface area (Å²) < 4.78 is 0. The highest BCUT2D eigenvalue weighted by atomic mass is 16.2. The Kier molecular flexibility index (Phi) is 5.25. The van der Waals surface area contributed by atoms with Crippen LogP contribution in [-0.2, 0) is 4.79 Å². The quantitative estimate of drug-likeness (QED) is 0.848. The number of aromatic nitrogens is 1. The minimum absolute atomic E-state index is 0.203. The molecule has 1 atom stereocenters. The van der Waals surface area contributed by atoms with Gasteiger partial charge in [0.1, 0.15) is 5.82 Å². The number of hydrogen-bond donors (Lipinski definition) is 1. The Balaban J connectivity index is 1.33. The van der Waals surface area contributed by atoms with Crippen molar-refractivity contribution in [1.29, 1.82) is 0 Å². The van der Waals surface area contributed by atoms with Crippen LogP contribution in [-0.4, -0.2) is 61.0 Å². The molecule has 2 N–H and O–H groups in total. The van der Waals surface area contributed by atoms with Crippen LogP contribution in [0.15, 0.2) is 48.7 Å². The number of rotatable bonds is 5. The lowest BCUT2D eigenvalue weighted by atomic mass is 10.1. The molecule has 7 nitrogen and oxygen atoms in total. The second kappa shape index (κ2) is 7.98. The third-order valence-corrected chi connectivity index (χ3v) is 5.51. The molecule has 2 fully saturated rings. The molecule has 1 unspecified atom stereocenters. The molecule has 1 aromatic heterocycles. The number of pyridine rings is 1.